The summed E-state index contributed by atoms with van der Waals surface area (Å²) in [5, 5.41) is 8.15. The molecule has 0 unspecified atom stereocenters. The van der Waals surface area contributed by atoms with E-state index in [2.05, 4.69) is 35.9 Å². The number of aromatic nitrogens is 2. The van der Waals surface area contributed by atoms with Crippen molar-refractivity contribution < 1.29 is 9.21 Å². The van der Waals surface area contributed by atoms with Crippen molar-refractivity contribution in [3.63, 3.8) is 0 Å². The Kier molecular flexibility index (Phi) is 4.54. The third-order valence-electron chi connectivity index (χ3n) is 3.51. The first-order chi connectivity index (χ1) is 9.76. The topological polar surface area (TPSA) is 62.5 Å². The van der Waals surface area contributed by atoms with Crippen molar-refractivity contribution in [2.45, 2.75) is 47.0 Å². The second kappa shape index (κ2) is 6.03. The Morgan fingerprint density at radius 3 is 2.29 bits per heavy atom. The van der Waals surface area contributed by atoms with E-state index in [4.69, 9.17) is 4.42 Å². The van der Waals surface area contributed by atoms with Crippen molar-refractivity contribution in [3.05, 3.63) is 5.89 Å². The molecule has 1 fully saturated rings. The lowest BCUT2D eigenvalue weighted by Gasteiger charge is -2.35. The highest BCUT2D eigenvalue weighted by Gasteiger charge is 2.26. The van der Waals surface area contributed by atoms with E-state index >= 15 is 0 Å². The second-order valence-electron chi connectivity index (χ2n) is 7.18. The molecule has 6 nitrogen and oxygen atoms in total. The van der Waals surface area contributed by atoms with E-state index in [1.54, 1.807) is 0 Å². The average molecular weight is 294 g/mol. The maximum absolute atomic E-state index is 12.2. The number of carbonyl (C=O) groups excluding carboxylic acids is 1. The lowest BCUT2D eigenvalue weighted by molar-refractivity contribution is -0.133. The summed E-state index contributed by atoms with van der Waals surface area (Å²) in [6.45, 7) is 13.3. The molecule has 0 saturated carbocycles. The molecule has 0 aliphatic carbocycles. The average Bonchev–Trinajstić information content (AvgIpc) is 2.86. The summed E-state index contributed by atoms with van der Waals surface area (Å²) < 4.78 is 5.66. The standard InChI is InChI=1S/C15H26N4O2/c1-11(2)13-16-17-14(21-13)19-8-6-18(7-9-19)12(20)10-15(3,4)5/h11H,6-10H2,1-5H3. The predicted octanol–water partition coefficient (Wildman–Crippen LogP) is 2.28. The molecule has 118 valence electrons. The Labute approximate surface area is 126 Å². The number of hydrogen-bond acceptors (Lipinski definition) is 5. The molecular formula is C15H26N4O2. The summed E-state index contributed by atoms with van der Waals surface area (Å²) in [5.74, 6) is 1.13. The van der Waals surface area contributed by atoms with Crippen molar-refractivity contribution in [1.29, 1.82) is 0 Å². The molecule has 6 heteroatoms. The number of nitrogens with zero attached hydrogens (tertiary/aromatic N) is 4. The third kappa shape index (κ3) is 4.19. The summed E-state index contributed by atoms with van der Waals surface area (Å²) in [4.78, 5) is 16.2. The lowest BCUT2D eigenvalue weighted by Crippen LogP contribution is -2.49. The van der Waals surface area contributed by atoms with Crippen LogP contribution in [0.25, 0.3) is 0 Å². The van der Waals surface area contributed by atoms with E-state index in [0.29, 0.717) is 31.4 Å². The predicted molar refractivity (Wildman–Crippen MR) is 81.3 cm³/mol. The fourth-order valence-electron chi connectivity index (χ4n) is 2.30. The first-order valence-electron chi connectivity index (χ1n) is 7.62. The van der Waals surface area contributed by atoms with Crippen LogP contribution in [0.1, 0.15) is 52.8 Å². The summed E-state index contributed by atoms with van der Waals surface area (Å²) in [6, 6.07) is 0.571. The van der Waals surface area contributed by atoms with Crippen LogP contribution in [0.4, 0.5) is 6.01 Å². The van der Waals surface area contributed by atoms with Crippen molar-refractivity contribution in [3.8, 4) is 0 Å². The highest BCUT2D eigenvalue weighted by molar-refractivity contribution is 5.77. The maximum Gasteiger partial charge on any atom is 0.318 e. The lowest BCUT2D eigenvalue weighted by atomic mass is 9.91. The second-order valence-corrected chi connectivity index (χ2v) is 7.18. The van der Waals surface area contributed by atoms with Gasteiger partial charge in [-0.2, -0.15) is 0 Å². The molecule has 0 bridgehead atoms. The van der Waals surface area contributed by atoms with Crippen LogP contribution < -0.4 is 4.90 Å². The summed E-state index contributed by atoms with van der Waals surface area (Å²) in [5.41, 5.74) is 0.0346. The van der Waals surface area contributed by atoms with Gasteiger partial charge in [0.25, 0.3) is 0 Å². The normalized spacial score (nSPS) is 16.7. The number of hydrogen-bond donors (Lipinski definition) is 0. The number of carbonyl (C=O) groups is 1. The van der Waals surface area contributed by atoms with Crippen LogP contribution in [0.2, 0.25) is 0 Å². The van der Waals surface area contributed by atoms with Crippen LogP contribution in [-0.2, 0) is 4.79 Å². The molecule has 0 spiro atoms. The summed E-state index contributed by atoms with van der Waals surface area (Å²) in [6.07, 6.45) is 0.588. The molecule has 2 rings (SSSR count). The summed E-state index contributed by atoms with van der Waals surface area (Å²) >= 11 is 0. The van der Waals surface area contributed by atoms with Crippen LogP contribution in [-0.4, -0.2) is 47.2 Å². The van der Waals surface area contributed by atoms with E-state index in [1.165, 1.54) is 0 Å². The number of anilines is 1. The van der Waals surface area contributed by atoms with Gasteiger partial charge in [-0.05, 0) is 5.41 Å². The van der Waals surface area contributed by atoms with Gasteiger partial charge in [0, 0.05) is 38.5 Å². The zero-order valence-electron chi connectivity index (χ0n) is 13.7. The molecule has 1 aliphatic heterocycles. The van der Waals surface area contributed by atoms with Crippen molar-refractivity contribution >= 4 is 11.9 Å². The van der Waals surface area contributed by atoms with Gasteiger partial charge in [0.05, 0.1) is 0 Å². The van der Waals surface area contributed by atoms with E-state index < -0.39 is 0 Å². The Morgan fingerprint density at radius 2 is 1.81 bits per heavy atom. The Bertz CT molecular complexity index is 482. The Hall–Kier alpha value is -1.59. The Balaban J connectivity index is 1.89. The van der Waals surface area contributed by atoms with Crippen molar-refractivity contribution in [1.82, 2.24) is 15.1 Å². The fourth-order valence-corrected chi connectivity index (χ4v) is 2.30. The molecule has 1 saturated heterocycles. The monoisotopic (exact) mass is 294 g/mol. The van der Waals surface area contributed by atoms with E-state index in [1.807, 2.05) is 18.7 Å². The SMILES string of the molecule is CC(C)c1nnc(N2CCN(C(=O)CC(C)(C)C)CC2)o1. The van der Waals surface area contributed by atoms with Crippen LogP contribution >= 0.6 is 0 Å². The van der Waals surface area contributed by atoms with E-state index in [-0.39, 0.29) is 17.2 Å². The Morgan fingerprint density at radius 1 is 1.19 bits per heavy atom. The van der Waals surface area contributed by atoms with Gasteiger partial charge in [-0.25, -0.2) is 0 Å². The molecule has 1 aromatic rings. The van der Waals surface area contributed by atoms with Crippen LogP contribution in [0.5, 0.6) is 0 Å². The molecule has 1 aromatic heterocycles. The molecule has 0 aromatic carbocycles. The van der Waals surface area contributed by atoms with Gasteiger partial charge in [0.2, 0.25) is 11.8 Å². The van der Waals surface area contributed by atoms with Gasteiger partial charge < -0.3 is 14.2 Å². The molecule has 0 atom stereocenters. The molecule has 1 aliphatic rings. The van der Waals surface area contributed by atoms with Gasteiger partial charge in [-0.3, -0.25) is 4.79 Å². The van der Waals surface area contributed by atoms with Crippen LogP contribution in [0, 0.1) is 5.41 Å². The highest BCUT2D eigenvalue weighted by Crippen LogP contribution is 2.22. The molecule has 1 amide bonds. The summed E-state index contributed by atoms with van der Waals surface area (Å²) in [7, 11) is 0. The van der Waals surface area contributed by atoms with Crippen LogP contribution in [0.3, 0.4) is 0 Å². The number of rotatable bonds is 3. The van der Waals surface area contributed by atoms with Crippen molar-refractivity contribution in [2.75, 3.05) is 31.1 Å². The number of piperazine rings is 1. The molecule has 0 N–H and O–H groups in total. The smallest absolute Gasteiger partial charge is 0.318 e. The zero-order chi connectivity index (χ0) is 15.6. The van der Waals surface area contributed by atoms with Crippen molar-refractivity contribution in [2.24, 2.45) is 5.41 Å². The van der Waals surface area contributed by atoms with Gasteiger partial charge in [-0.1, -0.05) is 39.7 Å². The van der Waals surface area contributed by atoms with Gasteiger partial charge in [0.1, 0.15) is 0 Å². The first kappa shape index (κ1) is 15.8. The minimum atomic E-state index is 0.0346. The van der Waals surface area contributed by atoms with Crippen LogP contribution in [0.15, 0.2) is 4.42 Å². The minimum absolute atomic E-state index is 0.0346. The molecule has 21 heavy (non-hydrogen) atoms. The molecular weight excluding hydrogens is 268 g/mol. The fraction of sp³-hybridized carbons (Fsp3) is 0.800. The maximum atomic E-state index is 12.2. The number of amides is 1. The molecule has 0 radical (unpaired) electrons. The minimum Gasteiger partial charge on any atom is -0.408 e. The third-order valence-corrected chi connectivity index (χ3v) is 3.51. The van der Waals surface area contributed by atoms with E-state index in [0.717, 1.165) is 13.1 Å². The quantitative estimate of drug-likeness (QED) is 0.856. The molecule has 2 heterocycles. The first-order valence-corrected chi connectivity index (χ1v) is 7.62. The van der Waals surface area contributed by atoms with Gasteiger partial charge in [-0.15, -0.1) is 5.10 Å². The van der Waals surface area contributed by atoms with E-state index in [9.17, 15) is 4.79 Å². The zero-order valence-corrected chi connectivity index (χ0v) is 13.7. The largest absolute Gasteiger partial charge is 0.408 e. The highest BCUT2D eigenvalue weighted by atomic mass is 16.4. The van der Waals surface area contributed by atoms with Gasteiger partial charge in [0.15, 0.2) is 0 Å². The van der Waals surface area contributed by atoms with Gasteiger partial charge >= 0.3 is 6.01 Å².